The van der Waals surface area contributed by atoms with E-state index in [1.165, 1.54) is 18.3 Å². The van der Waals surface area contributed by atoms with E-state index in [4.69, 9.17) is 4.74 Å². The van der Waals surface area contributed by atoms with Gasteiger partial charge in [0.25, 0.3) is 11.8 Å². The number of nitrogens with one attached hydrogen (secondary N) is 2. The van der Waals surface area contributed by atoms with Crippen molar-refractivity contribution in [2.24, 2.45) is 0 Å². The summed E-state index contributed by atoms with van der Waals surface area (Å²) in [5.74, 6) is -3.78. The Bertz CT molecular complexity index is 780. The van der Waals surface area contributed by atoms with Gasteiger partial charge in [-0.3, -0.25) is 9.59 Å². The van der Waals surface area contributed by atoms with Crippen LogP contribution >= 0.6 is 11.3 Å². The van der Waals surface area contributed by atoms with Crippen LogP contribution in [0.4, 0.5) is 14.5 Å². The number of esters is 1. The molecule has 0 bridgehead atoms. The second-order valence-electron chi connectivity index (χ2n) is 4.95. The summed E-state index contributed by atoms with van der Waals surface area (Å²) in [5, 5.41) is 6.30. The van der Waals surface area contributed by atoms with Gasteiger partial charge in [0.1, 0.15) is 17.7 Å². The molecule has 25 heavy (non-hydrogen) atoms. The first-order valence-corrected chi connectivity index (χ1v) is 8.00. The Kier molecular flexibility index (Phi) is 6.18. The van der Waals surface area contributed by atoms with Crippen molar-refractivity contribution >= 4 is 34.8 Å². The zero-order chi connectivity index (χ0) is 18.4. The molecule has 0 saturated heterocycles. The minimum atomic E-state index is -0.968. The summed E-state index contributed by atoms with van der Waals surface area (Å²) in [6, 6.07) is 4.97. The molecule has 1 unspecified atom stereocenters. The van der Waals surface area contributed by atoms with E-state index in [1.54, 1.807) is 17.5 Å². The van der Waals surface area contributed by atoms with Crippen LogP contribution in [0.25, 0.3) is 0 Å². The normalized spacial score (nSPS) is 11.5. The molecular formula is C16H14F2N2O4S. The highest BCUT2D eigenvalue weighted by molar-refractivity contribution is 7.12. The van der Waals surface area contributed by atoms with Crippen molar-refractivity contribution in [2.75, 3.05) is 11.9 Å². The Morgan fingerprint density at radius 1 is 1.24 bits per heavy atom. The summed E-state index contributed by atoms with van der Waals surface area (Å²) in [4.78, 5) is 35.7. The van der Waals surface area contributed by atoms with Crippen molar-refractivity contribution in [1.82, 2.24) is 5.32 Å². The van der Waals surface area contributed by atoms with Crippen molar-refractivity contribution < 1.29 is 27.9 Å². The summed E-state index contributed by atoms with van der Waals surface area (Å²) in [7, 11) is 0. The number of benzene rings is 1. The smallest absolute Gasteiger partial charge is 0.328 e. The lowest BCUT2D eigenvalue weighted by molar-refractivity contribution is -0.148. The third kappa shape index (κ3) is 5.35. The zero-order valence-electron chi connectivity index (χ0n) is 13.0. The standard InChI is InChI=1S/C16H14F2N2O4S/c1-9(19-15(22)13-3-2-6-25-13)16(23)24-8-14(21)20-12-5-4-10(17)7-11(12)18/h2-7,9H,8H2,1H3,(H,19,22)(H,20,21). The molecule has 0 fully saturated rings. The summed E-state index contributed by atoms with van der Waals surface area (Å²) in [5.41, 5.74) is -0.235. The molecule has 0 aliphatic carbocycles. The Morgan fingerprint density at radius 2 is 2.00 bits per heavy atom. The van der Waals surface area contributed by atoms with Gasteiger partial charge >= 0.3 is 5.97 Å². The largest absolute Gasteiger partial charge is 0.454 e. The molecule has 0 spiro atoms. The van der Waals surface area contributed by atoms with Crippen LogP contribution in [0.3, 0.4) is 0 Å². The van der Waals surface area contributed by atoms with Crippen LogP contribution < -0.4 is 10.6 Å². The van der Waals surface area contributed by atoms with Gasteiger partial charge in [0, 0.05) is 6.07 Å². The Balaban J connectivity index is 1.80. The molecule has 2 amide bonds. The van der Waals surface area contributed by atoms with E-state index < -0.39 is 42.1 Å². The van der Waals surface area contributed by atoms with E-state index in [0.29, 0.717) is 10.9 Å². The Labute approximate surface area is 145 Å². The van der Waals surface area contributed by atoms with Crippen LogP contribution in [0, 0.1) is 11.6 Å². The number of halogens is 2. The SMILES string of the molecule is CC(NC(=O)c1cccs1)C(=O)OCC(=O)Nc1ccc(F)cc1F. The molecule has 0 radical (unpaired) electrons. The lowest BCUT2D eigenvalue weighted by atomic mass is 10.3. The number of hydrogen-bond acceptors (Lipinski definition) is 5. The van der Waals surface area contributed by atoms with Gasteiger partial charge in [0.2, 0.25) is 0 Å². The van der Waals surface area contributed by atoms with Crippen LogP contribution in [0.5, 0.6) is 0 Å². The highest BCUT2D eigenvalue weighted by Crippen LogP contribution is 2.14. The molecule has 2 rings (SSSR count). The molecule has 132 valence electrons. The fourth-order valence-corrected chi connectivity index (χ4v) is 2.40. The average molecular weight is 368 g/mol. The number of ether oxygens (including phenoxy) is 1. The van der Waals surface area contributed by atoms with Crippen molar-refractivity contribution in [2.45, 2.75) is 13.0 Å². The van der Waals surface area contributed by atoms with Crippen LogP contribution in [0.2, 0.25) is 0 Å². The predicted molar refractivity (Wildman–Crippen MR) is 87.2 cm³/mol. The number of rotatable bonds is 6. The lowest BCUT2D eigenvalue weighted by Gasteiger charge is -2.13. The van der Waals surface area contributed by atoms with Crippen LogP contribution in [0.1, 0.15) is 16.6 Å². The quantitative estimate of drug-likeness (QED) is 0.767. The van der Waals surface area contributed by atoms with Gasteiger partial charge in [0.15, 0.2) is 6.61 Å². The second-order valence-corrected chi connectivity index (χ2v) is 5.90. The first-order valence-electron chi connectivity index (χ1n) is 7.12. The molecule has 1 heterocycles. The van der Waals surface area contributed by atoms with Crippen LogP contribution in [-0.2, 0) is 14.3 Å². The van der Waals surface area contributed by atoms with E-state index >= 15 is 0 Å². The summed E-state index contributed by atoms with van der Waals surface area (Å²) >= 11 is 1.22. The van der Waals surface area contributed by atoms with Gasteiger partial charge in [0.05, 0.1) is 10.6 Å². The predicted octanol–water partition coefficient (Wildman–Crippen LogP) is 2.33. The molecular weight excluding hydrogens is 354 g/mol. The zero-order valence-corrected chi connectivity index (χ0v) is 13.9. The van der Waals surface area contributed by atoms with Gasteiger partial charge in [-0.2, -0.15) is 0 Å². The number of amides is 2. The maximum atomic E-state index is 13.4. The first-order chi connectivity index (χ1) is 11.9. The first kappa shape index (κ1) is 18.5. The van der Waals surface area contributed by atoms with E-state index in [0.717, 1.165) is 12.1 Å². The molecule has 0 saturated carbocycles. The average Bonchev–Trinajstić information content (AvgIpc) is 3.09. The third-order valence-corrected chi connectivity index (χ3v) is 3.87. The number of thiophene rings is 1. The number of anilines is 1. The second kappa shape index (κ2) is 8.34. The molecule has 1 aromatic carbocycles. The molecule has 2 aromatic rings. The molecule has 1 atom stereocenters. The Hall–Kier alpha value is -2.81. The molecule has 0 aliphatic heterocycles. The Morgan fingerprint density at radius 3 is 2.64 bits per heavy atom. The number of hydrogen-bond donors (Lipinski definition) is 2. The summed E-state index contributed by atoms with van der Waals surface area (Å²) in [6.45, 7) is 0.736. The van der Waals surface area contributed by atoms with Crippen molar-refractivity contribution in [1.29, 1.82) is 0 Å². The van der Waals surface area contributed by atoms with Crippen molar-refractivity contribution in [3.05, 3.63) is 52.2 Å². The molecule has 2 N–H and O–H groups in total. The van der Waals surface area contributed by atoms with Gasteiger partial charge in [-0.15, -0.1) is 11.3 Å². The molecule has 6 nitrogen and oxygen atoms in total. The topological polar surface area (TPSA) is 84.5 Å². The van der Waals surface area contributed by atoms with E-state index in [9.17, 15) is 23.2 Å². The molecule has 9 heteroatoms. The highest BCUT2D eigenvalue weighted by atomic mass is 32.1. The minimum absolute atomic E-state index is 0.235. The van der Waals surface area contributed by atoms with Gasteiger partial charge in [-0.1, -0.05) is 6.07 Å². The van der Waals surface area contributed by atoms with Crippen LogP contribution in [0.15, 0.2) is 35.7 Å². The number of carbonyl (C=O) groups is 3. The maximum Gasteiger partial charge on any atom is 0.328 e. The van der Waals surface area contributed by atoms with E-state index in [1.807, 2.05) is 0 Å². The third-order valence-electron chi connectivity index (χ3n) is 3.00. The fourth-order valence-electron chi connectivity index (χ4n) is 1.77. The molecule has 1 aromatic heterocycles. The molecule has 0 aliphatic rings. The lowest BCUT2D eigenvalue weighted by Crippen LogP contribution is -2.40. The summed E-state index contributed by atoms with van der Waals surface area (Å²) < 4.78 is 30.9. The maximum absolute atomic E-state index is 13.4. The minimum Gasteiger partial charge on any atom is -0.454 e. The van der Waals surface area contributed by atoms with Gasteiger partial charge in [-0.05, 0) is 30.5 Å². The van der Waals surface area contributed by atoms with Gasteiger partial charge < -0.3 is 15.4 Å². The van der Waals surface area contributed by atoms with Crippen molar-refractivity contribution in [3.63, 3.8) is 0 Å². The van der Waals surface area contributed by atoms with Gasteiger partial charge in [-0.25, -0.2) is 13.6 Å². The highest BCUT2D eigenvalue weighted by Gasteiger charge is 2.19. The van der Waals surface area contributed by atoms with Crippen molar-refractivity contribution in [3.8, 4) is 0 Å². The monoisotopic (exact) mass is 368 g/mol. The number of carbonyl (C=O) groups excluding carboxylic acids is 3. The fraction of sp³-hybridized carbons (Fsp3) is 0.188. The van der Waals surface area contributed by atoms with E-state index in [-0.39, 0.29) is 5.69 Å². The van der Waals surface area contributed by atoms with Crippen LogP contribution in [-0.4, -0.2) is 30.4 Å². The van der Waals surface area contributed by atoms with E-state index in [2.05, 4.69) is 10.6 Å². The summed E-state index contributed by atoms with van der Waals surface area (Å²) in [6.07, 6.45) is 0.